The van der Waals surface area contributed by atoms with Gasteiger partial charge in [0, 0.05) is 63.7 Å². The van der Waals surface area contributed by atoms with Gasteiger partial charge in [0.25, 0.3) is 5.56 Å². The van der Waals surface area contributed by atoms with Crippen molar-refractivity contribution in [1.29, 1.82) is 0 Å². The number of pyridine rings is 2. The molecule has 0 unspecified atom stereocenters. The summed E-state index contributed by atoms with van der Waals surface area (Å²) in [5.41, 5.74) is 3.21. The number of alkyl halides is 2. The van der Waals surface area contributed by atoms with Gasteiger partial charge in [0.2, 0.25) is 11.8 Å². The summed E-state index contributed by atoms with van der Waals surface area (Å²) in [5.74, 6) is -2.45. The lowest BCUT2D eigenvalue weighted by atomic mass is 9.78. The third-order valence-corrected chi connectivity index (χ3v) is 6.28. The number of amides is 1. The zero-order valence-electron chi connectivity index (χ0n) is 17.3. The summed E-state index contributed by atoms with van der Waals surface area (Å²) < 4.78 is 25.8. The zero-order chi connectivity index (χ0) is 21.3. The number of hydrogen-bond donors (Lipinski definition) is 1. The van der Waals surface area contributed by atoms with E-state index in [0.717, 1.165) is 35.2 Å². The molecule has 1 aliphatic carbocycles. The molecule has 8 heteroatoms. The third kappa shape index (κ3) is 4.69. The van der Waals surface area contributed by atoms with E-state index in [4.69, 9.17) is 0 Å². The van der Waals surface area contributed by atoms with Crippen molar-refractivity contribution in [3.8, 4) is 0 Å². The summed E-state index contributed by atoms with van der Waals surface area (Å²) in [6.45, 7) is 5.47. The first-order valence-electron chi connectivity index (χ1n) is 10.7. The summed E-state index contributed by atoms with van der Waals surface area (Å²) in [5, 5.41) is 0. The molecule has 0 aromatic carbocycles. The molecule has 2 aromatic rings. The summed E-state index contributed by atoms with van der Waals surface area (Å²) in [7, 11) is 0. The predicted octanol–water partition coefficient (Wildman–Crippen LogP) is 2.96. The molecular weight excluding hydrogens is 390 g/mol. The van der Waals surface area contributed by atoms with E-state index in [0.29, 0.717) is 38.9 Å². The van der Waals surface area contributed by atoms with Gasteiger partial charge in [0.05, 0.1) is 11.0 Å². The molecule has 1 N–H and O–H groups in total. The predicted molar refractivity (Wildman–Crippen MR) is 111 cm³/mol. The fourth-order valence-corrected chi connectivity index (χ4v) is 4.40. The van der Waals surface area contributed by atoms with E-state index in [-0.39, 0.29) is 30.2 Å². The molecule has 2 aliphatic rings. The Kier molecular flexibility index (Phi) is 5.86. The fourth-order valence-electron chi connectivity index (χ4n) is 4.40. The number of aromatic nitrogens is 2. The quantitative estimate of drug-likeness (QED) is 0.783. The van der Waals surface area contributed by atoms with Crippen LogP contribution in [-0.2, 0) is 17.8 Å². The maximum atomic E-state index is 12.9. The van der Waals surface area contributed by atoms with Crippen LogP contribution in [0.5, 0.6) is 0 Å². The van der Waals surface area contributed by atoms with Crippen molar-refractivity contribution in [2.24, 2.45) is 5.92 Å². The first-order chi connectivity index (χ1) is 14.3. The number of nitrogens with zero attached hydrogens (tertiary/aromatic N) is 3. The molecule has 162 valence electrons. The van der Waals surface area contributed by atoms with E-state index in [1.54, 1.807) is 0 Å². The minimum atomic E-state index is -2.51. The molecular formula is C22H28F2N4O2. The molecule has 30 heavy (non-hydrogen) atoms. The van der Waals surface area contributed by atoms with Crippen LogP contribution in [0.2, 0.25) is 0 Å². The molecule has 0 bridgehead atoms. The second-order valence-electron chi connectivity index (χ2n) is 8.58. The van der Waals surface area contributed by atoms with Crippen molar-refractivity contribution in [3.63, 3.8) is 0 Å². The highest BCUT2D eigenvalue weighted by molar-refractivity contribution is 5.76. The number of fused-ring (bicyclic) bond motifs is 1. The molecule has 1 saturated carbocycles. The normalized spacial score (nSPS) is 19.8. The number of hydrogen-bond acceptors (Lipinski definition) is 4. The topological polar surface area (TPSA) is 69.3 Å². The molecule has 2 fully saturated rings. The third-order valence-electron chi connectivity index (χ3n) is 6.28. The van der Waals surface area contributed by atoms with Gasteiger partial charge in [-0.05, 0) is 36.5 Å². The van der Waals surface area contributed by atoms with Crippen LogP contribution in [-0.4, -0.2) is 57.8 Å². The monoisotopic (exact) mass is 418 g/mol. The van der Waals surface area contributed by atoms with Crippen LogP contribution in [0.3, 0.4) is 0 Å². The number of carbonyl (C=O) groups excluding carboxylic acids is 1. The van der Waals surface area contributed by atoms with E-state index >= 15 is 0 Å². The average molecular weight is 418 g/mol. The second kappa shape index (κ2) is 8.41. The van der Waals surface area contributed by atoms with Gasteiger partial charge in [-0.25, -0.2) is 8.78 Å². The van der Waals surface area contributed by atoms with Crippen molar-refractivity contribution >= 4 is 16.9 Å². The molecule has 0 spiro atoms. The van der Waals surface area contributed by atoms with Crippen LogP contribution in [0.25, 0.3) is 11.0 Å². The van der Waals surface area contributed by atoms with Crippen LogP contribution in [0, 0.1) is 5.92 Å². The SMILES string of the molecule is CCc1cc2ncc(CN3CCN(C(=O)CCC4CC(F)(F)C4)CC3)cc2[nH]c1=O. The van der Waals surface area contributed by atoms with Gasteiger partial charge >= 0.3 is 0 Å². The van der Waals surface area contributed by atoms with E-state index in [1.807, 2.05) is 30.2 Å². The number of piperazine rings is 1. The molecule has 2 aromatic heterocycles. The van der Waals surface area contributed by atoms with E-state index in [9.17, 15) is 18.4 Å². The van der Waals surface area contributed by atoms with Crippen molar-refractivity contribution < 1.29 is 13.6 Å². The Morgan fingerprint density at radius 3 is 2.63 bits per heavy atom. The average Bonchev–Trinajstić information content (AvgIpc) is 2.70. The summed E-state index contributed by atoms with van der Waals surface area (Å²) in [6, 6.07) is 3.81. The van der Waals surface area contributed by atoms with Crippen LogP contribution in [0.4, 0.5) is 8.78 Å². The number of nitrogens with one attached hydrogen (secondary N) is 1. The summed E-state index contributed by atoms with van der Waals surface area (Å²) >= 11 is 0. The van der Waals surface area contributed by atoms with Gasteiger partial charge in [0.1, 0.15) is 0 Å². The van der Waals surface area contributed by atoms with Crippen LogP contribution < -0.4 is 5.56 Å². The van der Waals surface area contributed by atoms with Gasteiger partial charge in [-0.1, -0.05) is 6.92 Å². The van der Waals surface area contributed by atoms with Gasteiger partial charge in [-0.15, -0.1) is 0 Å². The maximum absolute atomic E-state index is 12.9. The first-order valence-corrected chi connectivity index (χ1v) is 10.7. The Balaban J connectivity index is 1.27. The van der Waals surface area contributed by atoms with Crippen molar-refractivity contribution in [2.75, 3.05) is 26.2 Å². The van der Waals surface area contributed by atoms with Crippen molar-refractivity contribution in [3.05, 3.63) is 39.8 Å². The number of H-pyrrole nitrogens is 1. The zero-order valence-corrected chi connectivity index (χ0v) is 17.3. The summed E-state index contributed by atoms with van der Waals surface area (Å²) in [4.78, 5) is 35.9. The lowest BCUT2D eigenvalue weighted by Crippen LogP contribution is -2.48. The number of aromatic amines is 1. The fraction of sp³-hybridized carbons (Fsp3) is 0.591. The highest BCUT2D eigenvalue weighted by Crippen LogP contribution is 2.44. The standard InChI is InChI=1S/C22H28F2N4O2/c1-2-17-10-18-19(26-21(17)30)9-16(13-25-18)14-27-5-7-28(8-6-27)20(29)4-3-15-11-22(23,24)12-15/h9-10,13,15H,2-8,11-12,14H2,1H3,(H,26,30). The lowest BCUT2D eigenvalue weighted by Gasteiger charge is -2.37. The molecule has 3 heterocycles. The van der Waals surface area contributed by atoms with E-state index in [2.05, 4.69) is 14.9 Å². The molecule has 4 rings (SSSR count). The first kappa shape index (κ1) is 20.9. The molecule has 0 atom stereocenters. The Hall–Kier alpha value is -2.35. The van der Waals surface area contributed by atoms with Crippen molar-refractivity contribution in [1.82, 2.24) is 19.8 Å². The number of halogens is 2. The van der Waals surface area contributed by atoms with Gasteiger partial charge in [-0.3, -0.25) is 19.5 Å². The smallest absolute Gasteiger partial charge is 0.251 e. The molecule has 0 radical (unpaired) electrons. The van der Waals surface area contributed by atoms with Crippen LogP contribution >= 0.6 is 0 Å². The number of aryl methyl sites for hydroxylation is 1. The molecule has 1 aliphatic heterocycles. The lowest BCUT2D eigenvalue weighted by molar-refractivity contribution is -0.136. The van der Waals surface area contributed by atoms with Gasteiger partial charge < -0.3 is 9.88 Å². The van der Waals surface area contributed by atoms with E-state index in [1.165, 1.54) is 0 Å². The largest absolute Gasteiger partial charge is 0.340 e. The molecule has 1 saturated heterocycles. The maximum Gasteiger partial charge on any atom is 0.251 e. The molecule has 1 amide bonds. The highest BCUT2D eigenvalue weighted by Gasteiger charge is 2.44. The van der Waals surface area contributed by atoms with Gasteiger partial charge in [0.15, 0.2) is 0 Å². The minimum Gasteiger partial charge on any atom is -0.340 e. The van der Waals surface area contributed by atoms with E-state index < -0.39 is 5.92 Å². The number of rotatable bonds is 6. The Labute approximate surface area is 174 Å². The minimum absolute atomic E-state index is 0.00881. The van der Waals surface area contributed by atoms with Gasteiger partial charge in [-0.2, -0.15) is 0 Å². The number of carbonyl (C=O) groups is 1. The summed E-state index contributed by atoms with van der Waals surface area (Å²) in [6.07, 6.45) is 3.30. The second-order valence-corrected chi connectivity index (χ2v) is 8.58. The molecule has 6 nitrogen and oxygen atoms in total. The van der Waals surface area contributed by atoms with Crippen LogP contribution in [0.15, 0.2) is 23.1 Å². The highest BCUT2D eigenvalue weighted by atomic mass is 19.3. The van der Waals surface area contributed by atoms with Crippen LogP contribution in [0.1, 0.15) is 43.7 Å². The van der Waals surface area contributed by atoms with Crippen molar-refractivity contribution in [2.45, 2.75) is 51.5 Å². The Morgan fingerprint density at radius 1 is 1.23 bits per heavy atom. The Bertz CT molecular complexity index is 975. The Morgan fingerprint density at radius 2 is 1.97 bits per heavy atom.